The van der Waals surface area contributed by atoms with E-state index >= 15 is 0 Å². The molecule has 12 heteroatoms. The van der Waals surface area contributed by atoms with Crippen molar-refractivity contribution in [2.75, 3.05) is 24.9 Å². The molecule has 1 aliphatic carbocycles. The summed E-state index contributed by atoms with van der Waals surface area (Å²) in [6, 6.07) is 29.1. The van der Waals surface area contributed by atoms with Crippen molar-refractivity contribution < 1.29 is 33.2 Å². The van der Waals surface area contributed by atoms with Gasteiger partial charge in [-0.25, -0.2) is 9.59 Å². The minimum atomic E-state index is -1.53. The normalized spacial score (nSPS) is 12.8. The largest absolute Gasteiger partial charge is 0.593 e. The molecule has 10 nitrogen and oxygen atoms in total. The van der Waals surface area contributed by atoms with Crippen molar-refractivity contribution in [3.63, 3.8) is 0 Å². The molecule has 1 unspecified atom stereocenters. The van der Waals surface area contributed by atoms with Crippen LogP contribution in [0, 0.1) is 0 Å². The Hall–Kier alpha value is -5.27. The molecule has 4 aromatic carbocycles. The highest BCUT2D eigenvalue weighted by molar-refractivity contribution is 7.89. The highest BCUT2D eigenvalue weighted by Gasteiger charge is 2.30. The van der Waals surface area contributed by atoms with Crippen LogP contribution in [-0.2, 0) is 53.1 Å². The minimum absolute atomic E-state index is 0.00632. The summed E-state index contributed by atoms with van der Waals surface area (Å²) in [7, 11) is 2.69. The number of aryl methyl sites for hydroxylation is 3. The van der Waals surface area contributed by atoms with Crippen molar-refractivity contribution in [2.24, 2.45) is 0 Å². The van der Waals surface area contributed by atoms with Crippen molar-refractivity contribution in [2.45, 2.75) is 82.7 Å². The summed E-state index contributed by atoms with van der Waals surface area (Å²) < 4.78 is 25.5. The molecule has 0 bridgehead atoms. The van der Waals surface area contributed by atoms with E-state index < -0.39 is 17.3 Å². The van der Waals surface area contributed by atoms with E-state index in [-0.39, 0.29) is 23.8 Å². The van der Waals surface area contributed by atoms with Gasteiger partial charge in [-0.3, -0.25) is 9.59 Å². The third-order valence-corrected chi connectivity index (χ3v) is 13.2. The first-order valence-corrected chi connectivity index (χ1v) is 21.5. The minimum Gasteiger partial charge on any atom is -0.593 e. The topological polar surface area (TPSA) is 137 Å². The lowest BCUT2D eigenvalue weighted by molar-refractivity contribution is 0.0592. The molecule has 0 radical (unpaired) electrons. The Balaban J connectivity index is 1.14. The number of rotatable bonds is 16. The lowest BCUT2D eigenvalue weighted by Gasteiger charge is -2.30. The summed E-state index contributed by atoms with van der Waals surface area (Å²) in [5.41, 5.74) is 6.54. The average Bonchev–Trinajstić information content (AvgIpc) is 3.63. The number of hydrogen-bond donors (Lipinski definition) is 2. The molecular weight excluding hydrogens is 771 g/mol. The van der Waals surface area contributed by atoms with Crippen LogP contribution in [0.1, 0.15) is 108 Å². The van der Waals surface area contributed by atoms with Crippen LogP contribution in [0.25, 0.3) is 0 Å². The summed E-state index contributed by atoms with van der Waals surface area (Å²) in [5.74, 6) is -1.40. The Bertz CT molecular complexity index is 2220. The third kappa shape index (κ3) is 10.2. The second kappa shape index (κ2) is 19.9. The molecule has 0 aliphatic heterocycles. The van der Waals surface area contributed by atoms with Gasteiger partial charge in [-0.05, 0) is 134 Å². The molecule has 0 saturated carbocycles. The maximum absolute atomic E-state index is 14.0. The number of nitrogens with zero attached hydrogens (tertiary/aromatic N) is 1. The van der Waals surface area contributed by atoms with Crippen LogP contribution in [0.5, 0.6) is 0 Å². The fourth-order valence-corrected chi connectivity index (χ4v) is 9.96. The van der Waals surface area contributed by atoms with E-state index in [1.807, 2.05) is 58.9 Å². The quantitative estimate of drug-likeness (QED) is 0.0743. The predicted molar refractivity (Wildman–Crippen MR) is 229 cm³/mol. The van der Waals surface area contributed by atoms with E-state index in [9.17, 15) is 23.7 Å². The molecule has 6 rings (SSSR count). The molecule has 2 N–H and O–H groups in total. The van der Waals surface area contributed by atoms with Crippen LogP contribution in [-0.4, -0.2) is 52.9 Å². The van der Waals surface area contributed by atoms with E-state index in [0.717, 1.165) is 78.5 Å². The number of carbonyl (C=O) groups is 4. The van der Waals surface area contributed by atoms with E-state index in [1.165, 1.54) is 25.6 Å². The highest BCUT2D eigenvalue weighted by atomic mass is 32.2. The van der Waals surface area contributed by atoms with Crippen LogP contribution in [0.4, 0.5) is 10.7 Å². The Morgan fingerprint density at radius 1 is 0.724 bits per heavy atom. The van der Waals surface area contributed by atoms with Gasteiger partial charge >= 0.3 is 11.9 Å². The molecule has 1 heterocycles. The monoisotopic (exact) mass is 819 g/mol. The van der Waals surface area contributed by atoms with Crippen molar-refractivity contribution in [1.29, 1.82) is 0 Å². The Kier molecular flexibility index (Phi) is 14.5. The van der Waals surface area contributed by atoms with Crippen molar-refractivity contribution in [3.05, 3.63) is 146 Å². The van der Waals surface area contributed by atoms with Gasteiger partial charge in [0, 0.05) is 16.1 Å². The molecule has 2 amide bonds. The number of thiophene rings is 1. The third-order valence-electron chi connectivity index (χ3n) is 10.5. The van der Waals surface area contributed by atoms with E-state index in [1.54, 1.807) is 42.5 Å². The number of hydrogen-bond acceptors (Lipinski definition) is 9. The van der Waals surface area contributed by atoms with Crippen molar-refractivity contribution in [3.8, 4) is 0 Å². The van der Waals surface area contributed by atoms with Crippen molar-refractivity contribution >= 4 is 57.1 Å². The number of fused-ring (bicyclic) bond motifs is 1. The second-order valence-electron chi connectivity index (χ2n) is 14.2. The zero-order valence-corrected chi connectivity index (χ0v) is 34.9. The maximum Gasteiger partial charge on any atom is 0.337 e. The van der Waals surface area contributed by atoms with E-state index in [2.05, 4.69) is 24.5 Å². The van der Waals surface area contributed by atoms with E-state index in [0.29, 0.717) is 44.4 Å². The lowest BCUT2D eigenvalue weighted by Crippen LogP contribution is -2.39. The highest BCUT2D eigenvalue weighted by Crippen LogP contribution is 2.39. The fourth-order valence-electron chi connectivity index (χ4n) is 7.20. The molecule has 0 fully saturated rings. The van der Waals surface area contributed by atoms with E-state index in [4.69, 9.17) is 9.47 Å². The average molecular weight is 820 g/mol. The maximum atomic E-state index is 14.0. The number of carbonyl (C=O) groups excluding carboxylic acids is 4. The molecule has 0 spiro atoms. The number of anilines is 2. The summed E-state index contributed by atoms with van der Waals surface area (Å²) in [4.78, 5) is 53.3. The number of benzene rings is 4. The Morgan fingerprint density at radius 3 is 1.91 bits per heavy atom. The Labute approximate surface area is 347 Å². The fraction of sp³-hybridized carbons (Fsp3) is 0.304. The lowest BCUT2D eigenvalue weighted by atomic mass is 9.95. The van der Waals surface area contributed by atoms with Crippen LogP contribution >= 0.6 is 11.3 Å². The summed E-state index contributed by atoms with van der Waals surface area (Å²) >= 11 is -0.0647. The van der Waals surface area contributed by atoms with Crippen LogP contribution in [0.3, 0.4) is 0 Å². The molecule has 0 saturated heterocycles. The molecule has 1 aromatic heterocycles. The van der Waals surface area contributed by atoms with Gasteiger partial charge < -0.3 is 24.7 Å². The van der Waals surface area contributed by atoms with Gasteiger partial charge in [-0.2, -0.15) is 0 Å². The molecule has 1 aliphatic rings. The van der Waals surface area contributed by atoms with Gasteiger partial charge in [-0.15, -0.1) is 15.6 Å². The summed E-state index contributed by atoms with van der Waals surface area (Å²) in [6.45, 7) is 4.46. The van der Waals surface area contributed by atoms with Gasteiger partial charge in [0.1, 0.15) is 5.00 Å². The van der Waals surface area contributed by atoms with Gasteiger partial charge in [-0.1, -0.05) is 50.2 Å². The first-order chi connectivity index (χ1) is 28.1. The molecular formula is C46H49N3O7S2. The number of methoxy groups -OCH3 is 2. The number of esters is 2. The molecule has 58 heavy (non-hydrogen) atoms. The predicted octanol–water partition coefficient (Wildman–Crippen LogP) is 9.20. The number of nitrogens with one attached hydrogen (secondary N) is 2. The SMILES string of the molecule is CCC(CC)N(Cc1cccc(C(=O)Nc2sc3c(c2C(=O)Nc2ccc(CCc4ccc(C(=O)OC)cc4)cc2)CCCC3)c1)[S+]([O-])c1ccc(C(=O)OC)cc1. The van der Waals surface area contributed by atoms with Crippen LogP contribution < -0.4 is 10.6 Å². The number of amides is 2. The number of ether oxygens (including phenoxy) is 2. The summed E-state index contributed by atoms with van der Waals surface area (Å²) in [6.07, 6.45) is 6.78. The van der Waals surface area contributed by atoms with Crippen molar-refractivity contribution in [1.82, 2.24) is 4.31 Å². The molecule has 5 aromatic rings. The van der Waals surface area contributed by atoms with Gasteiger partial charge in [0.15, 0.2) is 4.90 Å². The smallest absolute Gasteiger partial charge is 0.337 e. The molecule has 1 atom stereocenters. The van der Waals surface area contributed by atoms with Gasteiger partial charge in [0.2, 0.25) is 0 Å². The van der Waals surface area contributed by atoms with Crippen LogP contribution in [0.15, 0.2) is 102 Å². The second-order valence-corrected chi connectivity index (χ2v) is 16.8. The zero-order valence-electron chi connectivity index (χ0n) is 33.3. The summed E-state index contributed by atoms with van der Waals surface area (Å²) in [5, 5.41) is 6.69. The zero-order chi connectivity index (χ0) is 41.2. The van der Waals surface area contributed by atoms with Gasteiger partial charge in [0.05, 0.1) is 54.9 Å². The molecule has 302 valence electrons. The first-order valence-electron chi connectivity index (χ1n) is 19.6. The van der Waals surface area contributed by atoms with Gasteiger partial charge in [0.25, 0.3) is 11.8 Å². The Morgan fingerprint density at radius 2 is 1.31 bits per heavy atom. The van der Waals surface area contributed by atoms with Crippen LogP contribution in [0.2, 0.25) is 0 Å². The standard InChI is InChI=1S/C46H49N3O7S2/c1-5-37(6-2)49(58(54)38-26-22-34(23-27-38)46(53)56-4)29-32-10-9-11-35(28-32)42(50)48-44-41(39-12-7-8-13-40(39)57-44)43(51)47-36-24-18-31(19-25-36)15-14-30-16-20-33(21-17-30)45(52)55-3/h9-11,16-28,37H,5-8,12-15,29H2,1-4H3,(H,47,51)(H,48,50). The first kappa shape index (κ1) is 42.3.